The molecular formula is C11H13BrFNO3. The Balaban J connectivity index is 2.78. The molecule has 1 aromatic rings. The molecule has 1 atom stereocenters. The average Bonchev–Trinajstić information content (AvgIpc) is 2.31. The smallest absolute Gasteiger partial charge is 0.252 e. The van der Waals surface area contributed by atoms with Crippen molar-refractivity contribution in [2.75, 3.05) is 20.3 Å². The van der Waals surface area contributed by atoms with Gasteiger partial charge in [0, 0.05) is 11.6 Å². The molecule has 94 valence electrons. The number of nitrogens with one attached hydrogen (secondary N) is 1. The summed E-state index contributed by atoms with van der Waals surface area (Å²) in [7, 11) is 1.47. The Bertz CT molecular complexity index is 400. The standard InChI is InChI=1S/C11H13BrFNO3/c1-17-6-8(5-15)14-11(16)9-4-7(13)2-3-10(9)12/h2-4,8,15H,5-6H2,1H3,(H,14,16). The number of halogens is 2. The lowest BCUT2D eigenvalue weighted by Crippen LogP contribution is -2.40. The molecule has 0 saturated heterocycles. The van der Waals surface area contributed by atoms with E-state index in [1.165, 1.54) is 19.2 Å². The number of hydrogen-bond acceptors (Lipinski definition) is 3. The quantitative estimate of drug-likeness (QED) is 0.863. The van der Waals surface area contributed by atoms with Gasteiger partial charge in [-0.05, 0) is 34.1 Å². The predicted octanol–water partition coefficient (Wildman–Crippen LogP) is 1.33. The second-order valence-corrected chi connectivity index (χ2v) is 4.29. The van der Waals surface area contributed by atoms with Crippen LogP contribution in [0.3, 0.4) is 0 Å². The van der Waals surface area contributed by atoms with Gasteiger partial charge in [0.25, 0.3) is 5.91 Å². The van der Waals surface area contributed by atoms with Gasteiger partial charge in [-0.2, -0.15) is 0 Å². The Morgan fingerprint density at radius 1 is 1.65 bits per heavy atom. The molecule has 2 N–H and O–H groups in total. The number of rotatable bonds is 5. The van der Waals surface area contributed by atoms with Gasteiger partial charge >= 0.3 is 0 Å². The van der Waals surface area contributed by atoms with Crippen LogP contribution < -0.4 is 5.32 Å². The maximum atomic E-state index is 13.0. The largest absolute Gasteiger partial charge is 0.394 e. The number of benzene rings is 1. The molecule has 0 aliphatic heterocycles. The number of carbonyl (C=O) groups is 1. The lowest BCUT2D eigenvalue weighted by Gasteiger charge is -2.15. The van der Waals surface area contributed by atoms with Crippen LogP contribution in [0.4, 0.5) is 4.39 Å². The zero-order valence-electron chi connectivity index (χ0n) is 9.24. The zero-order chi connectivity index (χ0) is 12.8. The van der Waals surface area contributed by atoms with Crippen molar-refractivity contribution in [1.29, 1.82) is 0 Å². The Labute approximate surface area is 107 Å². The van der Waals surface area contributed by atoms with E-state index in [4.69, 9.17) is 9.84 Å². The molecule has 0 heterocycles. The van der Waals surface area contributed by atoms with E-state index in [9.17, 15) is 9.18 Å². The van der Waals surface area contributed by atoms with Gasteiger partial charge in [0.2, 0.25) is 0 Å². The van der Waals surface area contributed by atoms with Crippen LogP contribution in [-0.2, 0) is 4.74 Å². The minimum absolute atomic E-state index is 0.180. The lowest BCUT2D eigenvalue weighted by molar-refractivity contribution is 0.0838. The van der Waals surface area contributed by atoms with Gasteiger partial charge in [0.05, 0.1) is 24.8 Å². The summed E-state index contributed by atoms with van der Waals surface area (Å²) in [6.45, 7) is -0.0539. The molecule has 1 unspecified atom stereocenters. The number of hydrogen-bond donors (Lipinski definition) is 2. The lowest BCUT2D eigenvalue weighted by atomic mass is 10.2. The van der Waals surface area contributed by atoms with Crippen molar-refractivity contribution in [3.63, 3.8) is 0 Å². The summed E-state index contributed by atoms with van der Waals surface area (Å²) in [6.07, 6.45) is 0. The van der Waals surface area contributed by atoms with Crippen molar-refractivity contribution in [2.45, 2.75) is 6.04 Å². The van der Waals surface area contributed by atoms with Crippen LogP contribution in [0, 0.1) is 5.82 Å². The first-order valence-corrected chi connectivity index (χ1v) is 5.73. The summed E-state index contributed by atoms with van der Waals surface area (Å²) in [5.74, 6) is -0.960. The maximum absolute atomic E-state index is 13.0. The fourth-order valence-corrected chi connectivity index (χ4v) is 1.70. The molecule has 0 radical (unpaired) electrons. The Hall–Kier alpha value is -0.980. The SMILES string of the molecule is COCC(CO)NC(=O)c1cc(F)ccc1Br. The van der Waals surface area contributed by atoms with Crippen LogP contribution in [0.5, 0.6) is 0 Å². The molecule has 0 aliphatic carbocycles. The molecule has 1 rings (SSSR count). The van der Waals surface area contributed by atoms with Crippen LogP contribution in [0.1, 0.15) is 10.4 Å². The topological polar surface area (TPSA) is 58.6 Å². The number of aliphatic hydroxyl groups excluding tert-OH is 1. The van der Waals surface area contributed by atoms with E-state index in [0.29, 0.717) is 4.47 Å². The summed E-state index contributed by atoms with van der Waals surface area (Å²) < 4.78 is 18.3. The fraction of sp³-hybridized carbons (Fsp3) is 0.364. The van der Waals surface area contributed by atoms with E-state index in [1.807, 2.05) is 0 Å². The van der Waals surface area contributed by atoms with Gasteiger partial charge < -0.3 is 15.2 Å². The Kier molecular flexibility index (Phi) is 5.54. The molecule has 0 spiro atoms. The summed E-state index contributed by atoms with van der Waals surface area (Å²) in [6, 6.07) is 3.32. The molecule has 17 heavy (non-hydrogen) atoms. The van der Waals surface area contributed by atoms with Gasteiger partial charge in [0.1, 0.15) is 5.82 Å². The Morgan fingerprint density at radius 2 is 2.35 bits per heavy atom. The maximum Gasteiger partial charge on any atom is 0.252 e. The molecule has 1 amide bonds. The number of carbonyl (C=O) groups excluding carboxylic acids is 1. The zero-order valence-corrected chi connectivity index (χ0v) is 10.8. The molecule has 0 bridgehead atoms. The fourth-order valence-electron chi connectivity index (χ4n) is 1.28. The highest BCUT2D eigenvalue weighted by atomic mass is 79.9. The van der Waals surface area contributed by atoms with Crippen molar-refractivity contribution < 1.29 is 19.0 Å². The van der Waals surface area contributed by atoms with Crippen molar-refractivity contribution >= 4 is 21.8 Å². The van der Waals surface area contributed by atoms with Gasteiger partial charge in [-0.3, -0.25) is 4.79 Å². The first-order chi connectivity index (χ1) is 8.08. The summed E-state index contributed by atoms with van der Waals surface area (Å²) >= 11 is 3.16. The summed E-state index contributed by atoms with van der Waals surface area (Å²) in [5.41, 5.74) is 0.180. The van der Waals surface area contributed by atoms with Crippen LogP contribution in [0.15, 0.2) is 22.7 Å². The highest BCUT2D eigenvalue weighted by Crippen LogP contribution is 2.17. The predicted molar refractivity (Wildman–Crippen MR) is 64.3 cm³/mol. The van der Waals surface area contributed by atoms with E-state index in [2.05, 4.69) is 21.2 Å². The summed E-state index contributed by atoms with van der Waals surface area (Å²) in [4.78, 5) is 11.8. The second kappa shape index (κ2) is 6.68. The minimum Gasteiger partial charge on any atom is -0.394 e. The number of ether oxygens (including phenoxy) is 1. The van der Waals surface area contributed by atoms with Gasteiger partial charge in [0.15, 0.2) is 0 Å². The Morgan fingerprint density at radius 3 is 2.94 bits per heavy atom. The first kappa shape index (κ1) is 14.1. The monoisotopic (exact) mass is 305 g/mol. The van der Waals surface area contributed by atoms with Gasteiger partial charge in [-0.1, -0.05) is 0 Å². The molecular weight excluding hydrogens is 293 g/mol. The molecule has 0 aliphatic rings. The highest BCUT2D eigenvalue weighted by Gasteiger charge is 2.15. The number of amides is 1. The molecule has 0 saturated carbocycles. The normalized spacial score (nSPS) is 12.2. The minimum atomic E-state index is -0.511. The van der Waals surface area contributed by atoms with E-state index in [-0.39, 0.29) is 18.8 Å². The summed E-state index contributed by atoms with van der Waals surface area (Å²) in [5, 5.41) is 11.5. The number of aliphatic hydroxyl groups is 1. The molecule has 4 nitrogen and oxygen atoms in total. The molecule has 6 heteroatoms. The molecule has 0 fully saturated rings. The van der Waals surface area contributed by atoms with Crippen LogP contribution in [0.2, 0.25) is 0 Å². The van der Waals surface area contributed by atoms with Crippen LogP contribution in [0.25, 0.3) is 0 Å². The molecule has 1 aromatic carbocycles. The van der Waals surface area contributed by atoms with E-state index in [1.54, 1.807) is 0 Å². The van der Waals surface area contributed by atoms with E-state index < -0.39 is 17.8 Å². The molecule has 0 aromatic heterocycles. The third kappa shape index (κ3) is 4.07. The second-order valence-electron chi connectivity index (χ2n) is 3.43. The van der Waals surface area contributed by atoms with E-state index >= 15 is 0 Å². The van der Waals surface area contributed by atoms with Crippen molar-refractivity contribution in [2.24, 2.45) is 0 Å². The third-order valence-corrected chi connectivity index (χ3v) is 2.79. The van der Waals surface area contributed by atoms with Crippen molar-refractivity contribution in [3.05, 3.63) is 34.1 Å². The van der Waals surface area contributed by atoms with E-state index in [0.717, 1.165) is 6.07 Å². The van der Waals surface area contributed by atoms with Gasteiger partial charge in [-0.25, -0.2) is 4.39 Å². The first-order valence-electron chi connectivity index (χ1n) is 4.94. The number of methoxy groups -OCH3 is 1. The average molecular weight is 306 g/mol. The highest BCUT2D eigenvalue weighted by molar-refractivity contribution is 9.10. The van der Waals surface area contributed by atoms with Crippen LogP contribution >= 0.6 is 15.9 Å². The van der Waals surface area contributed by atoms with Crippen molar-refractivity contribution in [1.82, 2.24) is 5.32 Å². The van der Waals surface area contributed by atoms with Gasteiger partial charge in [-0.15, -0.1) is 0 Å². The third-order valence-electron chi connectivity index (χ3n) is 2.10. The van der Waals surface area contributed by atoms with Crippen molar-refractivity contribution in [3.8, 4) is 0 Å². The van der Waals surface area contributed by atoms with Crippen LogP contribution in [-0.4, -0.2) is 37.4 Å².